The summed E-state index contributed by atoms with van der Waals surface area (Å²) in [7, 11) is 0. The maximum absolute atomic E-state index is 11.3. The number of rotatable bonds is 1. The summed E-state index contributed by atoms with van der Waals surface area (Å²) in [6, 6.07) is 2.98. The molecule has 5 heteroatoms. The molecule has 0 saturated heterocycles. The summed E-state index contributed by atoms with van der Waals surface area (Å²) in [6.45, 7) is 1.76. The van der Waals surface area contributed by atoms with Crippen LogP contribution < -0.4 is 5.56 Å². The Labute approximate surface area is 84.4 Å². The number of carbonyl (C=O) groups is 1. The van der Waals surface area contributed by atoms with Gasteiger partial charge in [-0.25, -0.2) is 4.79 Å². The van der Waals surface area contributed by atoms with Gasteiger partial charge in [-0.2, -0.15) is 0 Å². The zero-order valence-electron chi connectivity index (χ0n) is 7.94. The lowest BCUT2D eigenvalue weighted by Crippen LogP contribution is -2.17. The summed E-state index contributed by atoms with van der Waals surface area (Å²) < 4.78 is 0. The number of nitrogens with zero attached hydrogens (tertiary/aromatic N) is 1. The van der Waals surface area contributed by atoms with E-state index in [0.29, 0.717) is 16.6 Å². The monoisotopic (exact) mass is 204 g/mol. The molecule has 0 amide bonds. The fourth-order valence-electron chi connectivity index (χ4n) is 1.43. The van der Waals surface area contributed by atoms with Gasteiger partial charge in [0.05, 0.1) is 5.52 Å². The van der Waals surface area contributed by atoms with E-state index in [4.69, 9.17) is 5.11 Å². The molecule has 0 unspecified atom stereocenters. The van der Waals surface area contributed by atoms with Crippen LogP contribution in [-0.4, -0.2) is 21.0 Å². The zero-order chi connectivity index (χ0) is 11.0. The van der Waals surface area contributed by atoms with E-state index < -0.39 is 11.5 Å². The van der Waals surface area contributed by atoms with Gasteiger partial charge in [-0.3, -0.25) is 9.78 Å². The van der Waals surface area contributed by atoms with Crippen LogP contribution in [0.2, 0.25) is 0 Å². The van der Waals surface area contributed by atoms with Crippen molar-refractivity contribution in [2.45, 2.75) is 6.92 Å². The molecule has 0 fully saturated rings. The molecule has 0 saturated carbocycles. The van der Waals surface area contributed by atoms with E-state index in [2.05, 4.69) is 9.97 Å². The van der Waals surface area contributed by atoms with Gasteiger partial charge >= 0.3 is 5.97 Å². The topological polar surface area (TPSA) is 83.0 Å². The first-order valence-electron chi connectivity index (χ1n) is 4.31. The van der Waals surface area contributed by atoms with Crippen molar-refractivity contribution in [3.8, 4) is 0 Å². The second-order valence-corrected chi connectivity index (χ2v) is 3.17. The van der Waals surface area contributed by atoms with Crippen molar-refractivity contribution < 1.29 is 9.90 Å². The van der Waals surface area contributed by atoms with Gasteiger partial charge in [-0.05, 0) is 19.1 Å². The zero-order valence-corrected chi connectivity index (χ0v) is 7.94. The molecule has 15 heavy (non-hydrogen) atoms. The van der Waals surface area contributed by atoms with Gasteiger partial charge in [0.15, 0.2) is 0 Å². The summed E-state index contributed by atoms with van der Waals surface area (Å²) in [4.78, 5) is 28.6. The number of nitrogens with one attached hydrogen (secondary N) is 1. The Morgan fingerprint density at radius 3 is 2.93 bits per heavy atom. The van der Waals surface area contributed by atoms with Crippen molar-refractivity contribution in [3.05, 3.63) is 39.9 Å². The van der Waals surface area contributed by atoms with Crippen molar-refractivity contribution in [3.63, 3.8) is 0 Å². The third kappa shape index (κ3) is 1.48. The quantitative estimate of drug-likeness (QED) is 0.723. The molecule has 2 N–H and O–H groups in total. The molecule has 2 aromatic rings. The first-order chi connectivity index (χ1) is 7.09. The fourth-order valence-corrected chi connectivity index (χ4v) is 1.43. The minimum atomic E-state index is -1.23. The summed E-state index contributed by atoms with van der Waals surface area (Å²) in [5.41, 5.74) is 0.419. The highest BCUT2D eigenvalue weighted by molar-refractivity contribution is 5.92. The molecule has 0 aromatic carbocycles. The van der Waals surface area contributed by atoms with Crippen LogP contribution in [0.25, 0.3) is 10.9 Å². The van der Waals surface area contributed by atoms with Crippen LogP contribution >= 0.6 is 0 Å². The van der Waals surface area contributed by atoms with Crippen molar-refractivity contribution in [1.29, 1.82) is 0 Å². The summed E-state index contributed by atoms with van der Waals surface area (Å²) >= 11 is 0. The minimum absolute atomic E-state index is 0.265. The highest BCUT2D eigenvalue weighted by Crippen LogP contribution is 2.13. The van der Waals surface area contributed by atoms with Crippen LogP contribution in [0.3, 0.4) is 0 Å². The second kappa shape index (κ2) is 3.20. The molecule has 0 bridgehead atoms. The number of hydrogen-bond donors (Lipinski definition) is 2. The number of aromatic amines is 1. The molecule has 0 atom stereocenters. The maximum Gasteiger partial charge on any atom is 0.341 e. The molecule has 0 radical (unpaired) electrons. The molecule has 76 valence electrons. The standard InChI is InChI=1S/C10H8N2O3/c1-5-6-4-7(10(14)15)9(13)12-8(6)2-3-11-5/h2-4H,1H3,(H,12,13)(H,14,15). The van der Waals surface area contributed by atoms with Gasteiger partial charge in [-0.15, -0.1) is 0 Å². The largest absolute Gasteiger partial charge is 0.477 e. The van der Waals surface area contributed by atoms with Crippen LogP contribution in [0.5, 0.6) is 0 Å². The van der Waals surface area contributed by atoms with E-state index in [1.54, 1.807) is 19.2 Å². The Balaban J connectivity index is 2.90. The SMILES string of the molecule is Cc1nccc2[nH]c(=O)c(C(=O)O)cc12. The summed E-state index contributed by atoms with van der Waals surface area (Å²) in [6.07, 6.45) is 1.56. The highest BCUT2D eigenvalue weighted by atomic mass is 16.4. The number of carboxylic acids is 1. The summed E-state index contributed by atoms with van der Waals surface area (Å²) in [5.74, 6) is -1.23. The second-order valence-electron chi connectivity index (χ2n) is 3.17. The van der Waals surface area contributed by atoms with Crippen molar-refractivity contribution in [2.75, 3.05) is 0 Å². The minimum Gasteiger partial charge on any atom is -0.477 e. The van der Waals surface area contributed by atoms with E-state index in [0.717, 1.165) is 0 Å². The van der Waals surface area contributed by atoms with Crippen molar-refractivity contribution in [2.24, 2.45) is 0 Å². The van der Waals surface area contributed by atoms with E-state index in [1.807, 2.05) is 0 Å². The molecule has 0 aliphatic rings. The molecule has 5 nitrogen and oxygen atoms in total. The molecule has 2 heterocycles. The molecular weight excluding hydrogens is 196 g/mol. The van der Waals surface area contributed by atoms with Gasteiger partial charge in [0.25, 0.3) is 5.56 Å². The average molecular weight is 204 g/mol. The highest BCUT2D eigenvalue weighted by Gasteiger charge is 2.10. The number of H-pyrrole nitrogens is 1. The van der Waals surface area contributed by atoms with Gasteiger partial charge < -0.3 is 10.1 Å². The lowest BCUT2D eigenvalue weighted by molar-refractivity contribution is 0.0695. The lowest BCUT2D eigenvalue weighted by atomic mass is 10.1. The lowest BCUT2D eigenvalue weighted by Gasteiger charge is -2.01. The van der Waals surface area contributed by atoms with E-state index in [9.17, 15) is 9.59 Å². The molecule has 0 aliphatic carbocycles. The number of pyridine rings is 2. The predicted molar refractivity (Wildman–Crippen MR) is 54.1 cm³/mol. The number of aromatic nitrogens is 2. The predicted octanol–water partition coefficient (Wildman–Crippen LogP) is 0.930. The number of aromatic carboxylic acids is 1. The van der Waals surface area contributed by atoms with E-state index in [1.165, 1.54) is 6.07 Å². The van der Waals surface area contributed by atoms with Crippen LogP contribution in [0.4, 0.5) is 0 Å². The first-order valence-corrected chi connectivity index (χ1v) is 4.31. The molecular formula is C10H8N2O3. The van der Waals surface area contributed by atoms with E-state index >= 15 is 0 Å². The number of fused-ring (bicyclic) bond motifs is 1. The average Bonchev–Trinajstić information content (AvgIpc) is 2.16. The third-order valence-corrected chi connectivity index (χ3v) is 2.20. The van der Waals surface area contributed by atoms with Crippen LogP contribution in [-0.2, 0) is 0 Å². The Bertz CT molecular complexity index is 601. The Morgan fingerprint density at radius 1 is 1.53 bits per heavy atom. The Morgan fingerprint density at radius 2 is 2.27 bits per heavy atom. The molecule has 0 spiro atoms. The third-order valence-electron chi connectivity index (χ3n) is 2.20. The van der Waals surface area contributed by atoms with Crippen molar-refractivity contribution >= 4 is 16.9 Å². The smallest absolute Gasteiger partial charge is 0.341 e. The fraction of sp³-hybridized carbons (Fsp3) is 0.100. The van der Waals surface area contributed by atoms with Crippen LogP contribution in [0.15, 0.2) is 23.1 Å². The van der Waals surface area contributed by atoms with Gasteiger partial charge in [0, 0.05) is 17.3 Å². The first kappa shape index (κ1) is 9.39. The number of aryl methyl sites for hydroxylation is 1. The molecule has 2 rings (SSSR count). The van der Waals surface area contributed by atoms with Crippen LogP contribution in [0.1, 0.15) is 16.1 Å². The number of carboxylic acid groups (broad SMARTS) is 1. The normalized spacial score (nSPS) is 10.5. The Kier molecular flexibility index (Phi) is 2.00. The molecule has 0 aliphatic heterocycles. The van der Waals surface area contributed by atoms with Gasteiger partial charge in [0.1, 0.15) is 5.56 Å². The number of hydrogen-bond acceptors (Lipinski definition) is 3. The van der Waals surface area contributed by atoms with Gasteiger partial charge in [-0.1, -0.05) is 0 Å². The van der Waals surface area contributed by atoms with Crippen LogP contribution in [0, 0.1) is 6.92 Å². The molecule has 2 aromatic heterocycles. The Hall–Kier alpha value is -2.17. The summed E-state index contributed by atoms with van der Waals surface area (Å²) in [5, 5.41) is 9.42. The van der Waals surface area contributed by atoms with Gasteiger partial charge in [0.2, 0.25) is 0 Å². The maximum atomic E-state index is 11.3. The van der Waals surface area contributed by atoms with Crippen molar-refractivity contribution in [1.82, 2.24) is 9.97 Å². The van der Waals surface area contributed by atoms with E-state index in [-0.39, 0.29) is 5.56 Å².